The Bertz CT molecular complexity index is 467. The highest BCUT2D eigenvalue weighted by molar-refractivity contribution is 6.62. The van der Waals surface area contributed by atoms with Crippen molar-refractivity contribution in [2.45, 2.75) is 52.7 Å². The lowest BCUT2D eigenvalue weighted by Crippen LogP contribution is -2.41. The molecule has 0 amide bonds. The van der Waals surface area contributed by atoms with E-state index in [0.29, 0.717) is 11.1 Å². The van der Waals surface area contributed by atoms with Gasteiger partial charge in [-0.1, -0.05) is 12.1 Å². The second-order valence-corrected chi connectivity index (χ2v) is 6.00. The van der Waals surface area contributed by atoms with Gasteiger partial charge in [0.25, 0.3) is 0 Å². The summed E-state index contributed by atoms with van der Waals surface area (Å²) in [5.41, 5.74) is 1.23. The Labute approximate surface area is 109 Å². The third kappa shape index (κ3) is 1.97. The summed E-state index contributed by atoms with van der Waals surface area (Å²) < 4.78 is 25.8. The number of aryl methyl sites for hydroxylation is 1. The molecular weight excluding hydrogens is 230 g/mol. The first-order chi connectivity index (χ1) is 8.16. The molecule has 1 aliphatic rings. The van der Waals surface area contributed by atoms with Crippen LogP contribution in [0.15, 0.2) is 12.1 Å². The van der Waals surface area contributed by atoms with Gasteiger partial charge in [0.2, 0.25) is 0 Å². The van der Waals surface area contributed by atoms with E-state index in [2.05, 4.69) is 0 Å². The molecule has 1 aliphatic heterocycles. The zero-order valence-electron chi connectivity index (χ0n) is 11.9. The minimum Gasteiger partial charge on any atom is -0.399 e. The minimum absolute atomic E-state index is 0.179. The summed E-state index contributed by atoms with van der Waals surface area (Å²) in [4.78, 5) is 0. The lowest BCUT2D eigenvalue weighted by molar-refractivity contribution is 0.00578. The molecule has 4 heteroatoms. The largest absolute Gasteiger partial charge is 0.495 e. The van der Waals surface area contributed by atoms with Crippen LogP contribution in [0, 0.1) is 19.7 Å². The smallest absolute Gasteiger partial charge is 0.399 e. The molecule has 0 radical (unpaired) electrons. The summed E-state index contributed by atoms with van der Waals surface area (Å²) in [7, 11) is -0.495. The van der Waals surface area contributed by atoms with Gasteiger partial charge in [0.15, 0.2) is 0 Å². The zero-order chi connectivity index (χ0) is 13.7. The quantitative estimate of drug-likeness (QED) is 0.713. The van der Waals surface area contributed by atoms with Crippen molar-refractivity contribution in [3.8, 4) is 0 Å². The van der Waals surface area contributed by atoms with Crippen molar-refractivity contribution in [1.82, 2.24) is 0 Å². The van der Waals surface area contributed by atoms with E-state index in [1.54, 1.807) is 19.9 Å². The summed E-state index contributed by atoms with van der Waals surface area (Å²) >= 11 is 0. The summed E-state index contributed by atoms with van der Waals surface area (Å²) in [5, 5.41) is 0. The van der Waals surface area contributed by atoms with Gasteiger partial charge in [-0.15, -0.1) is 0 Å². The van der Waals surface area contributed by atoms with E-state index in [4.69, 9.17) is 9.31 Å². The Balaban J connectivity index is 2.39. The molecule has 1 fully saturated rings. The number of halogens is 1. The first-order valence-electron chi connectivity index (χ1n) is 6.27. The third-order valence-corrected chi connectivity index (χ3v) is 4.13. The normalized spacial score (nSPS) is 21.4. The van der Waals surface area contributed by atoms with Crippen molar-refractivity contribution in [3.05, 3.63) is 29.1 Å². The molecule has 1 aromatic carbocycles. The van der Waals surface area contributed by atoms with Crippen molar-refractivity contribution in [1.29, 1.82) is 0 Å². The van der Waals surface area contributed by atoms with Crippen LogP contribution in [0.1, 0.15) is 38.8 Å². The SMILES string of the molecule is Cc1ccc(B2OC(C)(C)C(C)(C)O2)c(C)c1F. The lowest BCUT2D eigenvalue weighted by atomic mass is 9.75. The van der Waals surface area contributed by atoms with Crippen LogP contribution < -0.4 is 5.46 Å². The molecule has 0 unspecified atom stereocenters. The fourth-order valence-corrected chi connectivity index (χ4v) is 2.06. The van der Waals surface area contributed by atoms with Gasteiger partial charge in [0.1, 0.15) is 5.82 Å². The molecule has 0 bridgehead atoms. The fourth-order valence-electron chi connectivity index (χ4n) is 2.06. The molecular formula is C14H20BFO2. The average Bonchev–Trinajstić information content (AvgIpc) is 2.45. The minimum atomic E-state index is -0.495. The Morgan fingerprint density at radius 1 is 1.00 bits per heavy atom. The summed E-state index contributed by atoms with van der Waals surface area (Å²) in [5.74, 6) is -0.179. The van der Waals surface area contributed by atoms with E-state index in [9.17, 15) is 4.39 Å². The highest BCUT2D eigenvalue weighted by Gasteiger charge is 2.52. The first kappa shape index (κ1) is 13.6. The van der Waals surface area contributed by atoms with Crippen LogP contribution in [0.5, 0.6) is 0 Å². The maximum atomic E-state index is 13.9. The number of benzene rings is 1. The second-order valence-electron chi connectivity index (χ2n) is 6.00. The van der Waals surface area contributed by atoms with Crippen molar-refractivity contribution in [3.63, 3.8) is 0 Å². The lowest BCUT2D eigenvalue weighted by Gasteiger charge is -2.32. The van der Waals surface area contributed by atoms with Gasteiger partial charge in [-0.05, 0) is 58.1 Å². The molecule has 2 nitrogen and oxygen atoms in total. The van der Waals surface area contributed by atoms with Crippen LogP contribution >= 0.6 is 0 Å². The van der Waals surface area contributed by atoms with Crippen molar-refractivity contribution in [2.75, 3.05) is 0 Å². The van der Waals surface area contributed by atoms with Crippen molar-refractivity contribution >= 4 is 12.6 Å². The van der Waals surface area contributed by atoms with Gasteiger partial charge in [-0.2, -0.15) is 0 Å². The Kier molecular flexibility index (Phi) is 3.07. The summed E-state index contributed by atoms with van der Waals surface area (Å²) in [6.07, 6.45) is 0. The van der Waals surface area contributed by atoms with Crippen LogP contribution in [-0.2, 0) is 9.31 Å². The van der Waals surface area contributed by atoms with Gasteiger partial charge in [0, 0.05) is 0 Å². The number of hydrogen-bond acceptors (Lipinski definition) is 2. The van der Waals surface area contributed by atoms with Crippen LogP contribution in [0.3, 0.4) is 0 Å². The molecule has 0 aliphatic carbocycles. The van der Waals surface area contributed by atoms with E-state index >= 15 is 0 Å². The predicted molar refractivity (Wildman–Crippen MR) is 71.6 cm³/mol. The molecule has 0 atom stereocenters. The zero-order valence-corrected chi connectivity index (χ0v) is 11.9. The van der Waals surface area contributed by atoms with Crippen LogP contribution in [0.4, 0.5) is 4.39 Å². The molecule has 1 saturated heterocycles. The topological polar surface area (TPSA) is 18.5 Å². The maximum absolute atomic E-state index is 13.9. The second kappa shape index (κ2) is 4.07. The highest BCUT2D eigenvalue weighted by Crippen LogP contribution is 2.36. The van der Waals surface area contributed by atoms with E-state index in [0.717, 1.165) is 5.46 Å². The van der Waals surface area contributed by atoms with E-state index in [1.165, 1.54) is 0 Å². The Hall–Kier alpha value is -0.865. The molecule has 0 saturated carbocycles. The standard InChI is InChI=1S/C14H20BFO2/c1-9-7-8-11(10(2)12(9)16)15-17-13(3,4)14(5,6)18-15/h7-8H,1-6H3. The predicted octanol–water partition coefficient (Wildman–Crippen LogP) is 2.74. The van der Waals surface area contributed by atoms with Gasteiger partial charge < -0.3 is 9.31 Å². The Morgan fingerprint density at radius 3 is 2.00 bits per heavy atom. The average molecular weight is 250 g/mol. The first-order valence-corrected chi connectivity index (χ1v) is 6.27. The van der Waals surface area contributed by atoms with E-state index in [-0.39, 0.29) is 5.82 Å². The van der Waals surface area contributed by atoms with E-state index in [1.807, 2.05) is 33.8 Å². The Morgan fingerprint density at radius 2 is 1.50 bits per heavy atom. The summed E-state index contributed by atoms with van der Waals surface area (Å²) in [6, 6.07) is 3.65. The summed E-state index contributed by atoms with van der Waals surface area (Å²) in [6.45, 7) is 11.5. The molecule has 1 heterocycles. The molecule has 0 N–H and O–H groups in total. The van der Waals surface area contributed by atoms with E-state index < -0.39 is 18.3 Å². The highest BCUT2D eigenvalue weighted by atomic mass is 19.1. The molecule has 2 rings (SSSR count). The van der Waals surface area contributed by atoms with Gasteiger partial charge in [0.05, 0.1) is 11.2 Å². The molecule has 1 aromatic rings. The van der Waals surface area contributed by atoms with Gasteiger partial charge in [-0.25, -0.2) is 4.39 Å². The monoisotopic (exact) mass is 250 g/mol. The van der Waals surface area contributed by atoms with Crippen LogP contribution in [0.2, 0.25) is 0 Å². The van der Waals surface area contributed by atoms with Crippen molar-refractivity contribution in [2.24, 2.45) is 0 Å². The number of rotatable bonds is 1. The molecule has 98 valence electrons. The van der Waals surface area contributed by atoms with Crippen molar-refractivity contribution < 1.29 is 13.7 Å². The molecule has 0 spiro atoms. The van der Waals surface area contributed by atoms with Gasteiger partial charge in [-0.3, -0.25) is 0 Å². The maximum Gasteiger partial charge on any atom is 0.495 e. The van der Waals surface area contributed by atoms with Crippen LogP contribution in [-0.4, -0.2) is 18.3 Å². The fraction of sp³-hybridized carbons (Fsp3) is 0.571. The van der Waals surface area contributed by atoms with Crippen LogP contribution in [0.25, 0.3) is 0 Å². The number of hydrogen-bond donors (Lipinski definition) is 0. The molecule has 18 heavy (non-hydrogen) atoms. The van der Waals surface area contributed by atoms with Gasteiger partial charge >= 0.3 is 7.12 Å². The third-order valence-electron chi connectivity index (χ3n) is 4.13. The molecule has 0 aromatic heterocycles.